The van der Waals surface area contributed by atoms with Gasteiger partial charge in [-0.25, -0.2) is 0 Å². The molecular weight excluding hydrogens is 499 g/mol. The molecule has 1 aliphatic heterocycles. The summed E-state index contributed by atoms with van der Waals surface area (Å²) in [4.78, 5) is 0. The minimum absolute atomic E-state index is 0.371. The van der Waals surface area contributed by atoms with Crippen molar-refractivity contribution in [3.8, 4) is 33.4 Å². The summed E-state index contributed by atoms with van der Waals surface area (Å²) in [5, 5.41) is 5.03. The molecule has 2 nitrogen and oxygen atoms in total. The van der Waals surface area contributed by atoms with Gasteiger partial charge in [-0.15, -0.1) is 0 Å². The zero-order valence-electron chi connectivity index (χ0n) is 24.0. The van der Waals surface area contributed by atoms with E-state index in [2.05, 4.69) is 155 Å². The summed E-state index contributed by atoms with van der Waals surface area (Å²) in [6, 6.07) is 45.8. The van der Waals surface area contributed by atoms with Gasteiger partial charge in [0, 0.05) is 0 Å². The molecule has 0 amide bonds. The predicted octanol–water partition coefficient (Wildman–Crippen LogP) is 9.29. The van der Waals surface area contributed by atoms with Crippen LogP contribution in [0.5, 0.6) is 0 Å². The Balaban J connectivity index is 1.41. The van der Waals surface area contributed by atoms with Crippen LogP contribution >= 0.6 is 0 Å². The third-order valence-electron chi connectivity index (χ3n) is 8.94. The van der Waals surface area contributed by atoms with Crippen LogP contribution in [0.2, 0.25) is 0 Å². The lowest BCUT2D eigenvalue weighted by atomic mass is 9.77. The van der Waals surface area contributed by atoms with Gasteiger partial charge < -0.3 is 9.31 Å². The predicted molar refractivity (Wildman–Crippen MR) is 173 cm³/mol. The molecule has 200 valence electrons. The molecule has 0 aliphatic carbocycles. The smallest absolute Gasteiger partial charge is 0.399 e. The van der Waals surface area contributed by atoms with Gasteiger partial charge in [-0.2, -0.15) is 0 Å². The molecule has 1 fully saturated rings. The zero-order valence-corrected chi connectivity index (χ0v) is 24.0. The van der Waals surface area contributed by atoms with Crippen LogP contribution in [0, 0.1) is 0 Å². The molecule has 0 unspecified atom stereocenters. The van der Waals surface area contributed by atoms with Gasteiger partial charge in [-0.05, 0) is 88.1 Å². The topological polar surface area (TPSA) is 18.5 Å². The quantitative estimate of drug-likeness (QED) is 0.166. The highest BCUT2D eigenvalue weighted by molar-refractivity contribution is 6.62. The fourth-order valence-electron chi connectivity index (χ4n) is 5.99. The first-order valence-electron chi connectivity index (χ1n) is 14.4. The van der Waals surface area contributed by atoms with Crippen molar-refractivity contribution in [3.05, 3.63) is 127 Å². The number of benzene rings is 6. The highest BCUT2D eigenvalue weighted by atomic mass is 16.7. The summed E-state index contributed by atoms with van der Waals surface area (Å²) >= 11 is 0. The van der Waals surface area contributed by atoms with Crippen LogP contribution in [-0.4, -0.2) is 18.3 Å². The standard InChI is InChI=1S/C38H33BO2/c1-37(2)38(3,4)41-39(40-37)30-24-22-29(23-25-30)36-34-17-11-9-15-32(34)31-14-8-10-16-33(31)35(36)28-20-18-27(19-21-28)26-12-6-5-7-13-26/h5-25H,1-4H3. The fraction of sp³-hybridized carbons (Fsp3) is 0.158. The van der Waals surface area contributed by atoms with Crippen molar-refractivity contribution in [1.82, 2.24) is 0 Å². The van der Waals surface area contributed by atoms with E-state index >= 15 is 0 Å². The van der Waals surface area contributed by atoms with Crippen LogP contribution in [0.1, 0.15) is 27.7 Å². The van der Waals surface area contributed by atoms with Crippen LogP contribution < -0.4 is 5.46 Å². The van der Waals surface area contributed by atoms with E-state index in [1.807, 2.05) is 0 Å². The van der Waals surface area contributed by atoms with Gasteiger partial charge in [0.15, 0.2) is 0 Å². The van der Waals surface area contributed by atoms with Gasteiger partial charge >= 0.3 is 7.12 Å². The molecule has 7 rings (SSSR count). The van der Waals surface area contributed by atoms with Crippen LogP contribution in [0.3, 0.4) is 0 Å². The van der Waals surface area contributed by atoms with Gasteiger partial charge in [-0.3, -0.25) is 0 Å². The molecule has 0 saturated carbocycles. The maximum Gasteiger partial charge on any atom is 0.494 e. The van der Waals surface area contributed by atoms with Crippen molar-refractivity contribution in [2.75, 3.05) is 0 Å². The lowest BCUT2D eigenvalue weighted by Gasteiger charge is -2.32. The maximum atomic E-state index is 6.34. The second kappa shape index (κ2) is 9.73. The lowest BCUT2D eigenvalue weighted by molar-refractivity contribution is 0.00578. The Labute approximate surface area is 242 Å². The SMILES string of the molecule is CC1(C)OB(c2ccc(-c3c(-c4ccc(-c5ccccc5)cc4)c4ccccc4c4ccccc34)cc2)OC1(C)C. The minimum Gasteiger partial charge on any atom is -0.399 e. The van der Waals surface area contributed by atoms with Crippen LogP contribution in [0.25, 0.3) is 54.9 Å². The number of rotatable bonds is 4. The van der Waals surface area contributed by atoms with Crippen molar-refractivity contribution in [2.45, 2.75) is 38.9 Å². The average Bonchev–Trinajstić information content (AvgIpc) is 3.23. The molecule has 0 aromatic heterocycles. The van der Waals surface area contributed by atoms with E-state index in [-0.39, 0.29) is 18.3 Å². The second-order valence-electron chi connectivity index (χ2n) is 12.0. The summed E-state index contributed by atoms with van der Waals surface area (Å²) in [5.41, 5.74) is 7.61. The molecule has 0 radical (unpaired) electrons. The Kier molecular flexibility index (Phi) is 6.12. The van der Waals surface area contributed by atoms with Crippen molar-refractivity contribution in [3.63, 3.8) is 0 Å². The third-order valence-corrected chi connectivity index (χ3v) is 8.94. The number of hydrogen-bond donors (Lipinski definition) is 0. The molecular formula is C38H33BO2. The maximum absolute atomic E-state index is 6.34. The van der Waals surface area contributed by atoms with Crippen molar-refractivity contribution in [2.24, 2.45) is 0 Å². The highest BCUT2D eigenvalue weighted by Gasteiger charge is 2.51. The molecule has 1 aliphatic rings. The van der Waals surface area contributed by atoms with E-state index in [1.54, 1.807) is 0 Å². The second-order valence-corrected chi connectivity index (χ2v) is 12.0. The summed E-state index contributed by atoms with van der Waals surface area (Å²) in [6.45, 7) is 8.38. The summed E-state index contributed by atoms with van der Waals surface area (Å²) in [5.74, 6) is 0. The largest absolute Gasteiger partial charge is 0.494 e. The lowest BCUT2D eigenvalue weighted by Crippen LogP contribution is -2.41. The van der Waals surface area contributed by atoms with Gasteiger partial charge in [0.2, 0.25) is 0 Å². The third kappa shape index (κ3) is 4.37. The molecule has 41 heavy (non-hydrogen) atoms. The minimum atomic E-state index is -0.382. The zero-order chi connectivity index (χ0) is 28.2. The van der Waals surface area contributed by atoms with E-state index in [0.717, 1.165) is 5.46 Å². The average molecular weight is 532 g/mol. The molecule has 0 N–H and O–H groups in total. The first-order valence-corrected chi connectivity index (χ1v) is 14.4. The molecule has 1 saturated heterocycles. The Hall–Kier alpha value is -4.18. The normalized spacial score (nSPS) is 16.0. The molecule has 6 aromatic carbocycles. The molecule has 0 bridgehead atoms. The van der Waals surface area contributed by atoms with Crippen molar-refractivity contribution in [1.29, 1.82) is 0 Å². The summed E-state index contributed by atoms with van der Waals surface area (Å²) in [6.07, 6.45) is 0. The summed E-state index contributed by atoms with van der Waals surface area (Å²) < 4.78 is 12.7. The van der Waals surface area contributed by atoms with Gasteiger partial charge in [0.1, 0.15) is 0 Å². The molecule has 1 heterocycles. The molecule has 6 aromatic rings. The van der Waals surface area contributed by atoms with E-state index in [0.29, 0.717) is 0 Å². The van der Waals surface area contributed by atoms with Crippen molar-refractivity contribution >= 4 is 34.1 Å². The number of hydrogen-bond acceptors (Lipinski definition) is 2. The van der Waals surface area contributed by atoms with Gasteiger partial charge in [0.25, 0.3) is 0 Å². The van der Waals surface area contributed by atoms with Crippen LogP contribution in [0.15, 0.2) is 127 Å². The summed E-state index contributed by atoms with van der Waals surface area (Å²) in [7, 11) is -0.382. The van der Waals surface area contributed by atoms with Crippen LogP contribution in [0.4, 0.5) is 0 Å². The fourth-order valence-corrected chi connectivity index (χ4v) is 5.99. The van der Waals surface area contributed by atoms with Gasteiger partial charge in [0.05, 0.1) is 11.2 Å². The molecule has 0 spiro atoms. The monoisotopic (exact) mass is 532 g/mol. The Morgan fingerprint density at radius 1 is 0.390 bits per heavy atom. The first-order chi connectivity index (χ1) is 19.8. The highest BCUT2D eigenvalue weighted by Crippen LogP contribution is 2.45. The van der Waals surface area contributed by atoms with E-state index in [1.165, 1.54) is 54.9 Å². The van der Waals surface area contributed by atoms with Crippen LogP contribution in [-0.2, 0) is 9.31 Å². The van der Waals surface area contributed by atoms with Gasteiger partial charge in [-0.1, -0.05) is 127 Å². The van der Waals surface area contributed by atoms with E-state index < -0.39 is 0 Å². The van der Waals surface area contributed by atoms with E-state index in [4.69, 9.17) is 9.31 Å². The Morgan fingerprint density at radius 2 is 0.756 bits per heavy atom. The molecule has 0 atom stereocenters. The first kappa shape index (κ1) is 25.8. The van der Waals surface area contributed by atoms with Crippen molar-refractivity contribution < 1.29 is 9.31 Å². The van der Waals surface area contributed by atoms with E-state index in [9.17, 15) is 0 Å². The Bertz CT molecular complexity index is 1860. The number of fused-ring (bicyclic) bond motifs is 3. The molecule has 3 heteroatoms. The Morgan fingerprint density at radius 3 is 1.24 bits per heavy atom.